The summed E-state index contributed by atoms with van der Waals surface area (Å²) < 4.78 is 5.05. The molecule has 0 aliphatic rings. The topological polar surface area (TPSA) is 46.5 Å². The van der Waals surface area contributed by atoms with Gasteiger partial charge in [-0.25, -0.2) is 0 Å². The molecule has 0 fully saturated rings. The first-order valence-corrected chi connectivity index (χ1v) is 6.12. The quantitative estimate of drug-likeness (QED) is 0.684. The van der Waals surface area contributed by atoms with E-state index in [0.717, 1.165) is 12.8 Å². The molecule has 0 rings (SSSR count). The maximum Gasteiger partial charge on any atom is 0.309 e. The summed E-state index contributed by atoms with van der Waals surface area (Å²) in [6.45, 7) is 10.5. The minimum Gasteiger partial charge on any atom is -0.463 e. The van der Waals surface area contributed by atoms with E-state index in [4.69, 9.17) is 9.84 Å². The van der Waals surface area contributed by atoms with E-state index < -0.39 is 0 Å². The second-order valence-corrected chi connectivity index (χ2v) is 5.42. The second-order valence-electron chi connectivity index (χ2n) is 5.42. The van der Waals surface area contributed by atoms with Crippen LogP contribution >= 0.6 is 0 Å². The van der Waals surface area contributed by atoms with Crippen LogP contribution in [0, 0.1) is 17.3 Å². The van der Waals surface area contributed by atoms with Crippen LogP contribution in [0.5, 0.6) is 0 Å². The van der Waals surface area contributed by atoms with Crippen LogP contribution in [0.15, 0.2) is 0 Å². The number of aliphatic hydroxyl groups excluding tert-OH is 1. The molecule has 0 radical (unpaired) electrons. The lowest BCUT2D eigenvalue weighted by molar-refractivity contribution is -0.154. The molecule has 0 aromatic carbocycles. The monoisotopic (exact) mass is 230 g/mol. The summed E-state index contributed by atoms with van der Waals surface area (Å²) in [6.07, 6.45) is 1.78. The fourth-order valence-corrected chi connectivity index (χ4v) is 1.70. The third-order valence-electron chi connectivity index (χ3n) is 3.18. The molecule has 1 atom stereocenters. The van der Waals surface area contributed by atoms with Gasteiger partial charge in [-0.15, -0.1) is 0 Å². The Morgan fingerprint density at radius 1 is 1.38 bits per heavy atom. The van der Waals surface area contributed by atoms with E-state index in [1.54, 1.807) is 0 Å². The molecular weight excluding hydrogens is 204 g/mol. The molecule has 16 heavy (non-hydrogen) atoms. The zero-order chi connectivity index (χ0) is 12.8. The number of ether oxygens (including phenoxy) is 1. The zero-order valence-electron chi connectivity index (χ0n) is 11.2. The molecule has 0 heterocycles. The summed E-state index contributed by atoms with van der Waals surface area (Å²) >= 11 is 0. The third-order valence-corrected chi connectivity index (χ3v) is 3.18. The standard InChI is InChI=1S/C13H26O3/c1-6-13(4,5)11(9-10(2)3)12(15)16-8-7-14/h10-11,14H,6-9H2,1-5H3. The minimum absolute atomic E-state index is 0.0448. The van der Waals surface area contributed by atoms with E-state index in [-0.39, 0.29) is 30.5 Å². The summed E-state index contributed by atoms with van der Waals surface area (Å²) in [6, 6.07) is 0. The molecule has 0 aliphatic heterocycles. The van der Waals surface area contributed by atoms with Gasteiger partial charge in [0.05, 0.1) is 12.5 Å². The van der Waals surface area contributed by atoms with Crippen molar-refractivity contribution in [2.75, 3.05) is 13.2 Å². The molecule has 3 nitrogen and oxygen atoms in total. The lowest BCUT2D eigenvalue weighted by atomic mass is 9.73. The van der Waals surface area contributed by atoms with Crippen molar-refractivity contribution >= 4 is 5.97 Å². The molecule has 0 bridgehead atoms. The summed E-state index contributed by atoms with van der Waals surface area (Å²) in [4.78, 5) is 11.9. The van der Waals surface area contributed by atoms with Crippen molar-refractivity contribution in [2.45, 2.75) is 47.5 Å². The van der Waals surface area contributed by atoms with Gasteiger partial charge in [0, 0.05) is 0 Å². The average Bonchev–Trinajstić information content (AvgIpc) is 2.22. The van der Waals surface area contributed by atoms with E-state index in [2.05, 4.69) is 34.6 Å². The van der Waals surface area contributed by atoms with Gasteiger partial charge >= 0.3 is 5.97 Å². The first-order chi connectivity index (χ1) is 7.35. The van der Waals surface area contributed by atoms with Gasteiger partial charge in [0.2, 0.25) is 0 Å². The predicted molar refractivity (Wildman–Crippen MR) is 65.1 cm³/mol. The summed E-state index contributed by atoms with van der Waals surface area (Å²) in [5.74, 6) is 0.219. The molecule has 0 amide bonds. The molecule has 0 spiro atoms. The van der Waals surface area contributed by atoms with E-state index in [1.165, 1.54) is 0 Å². The van der Waals surface area contributed by atoms with Crippen LogP contribution in [0.25, 0.3) is 0 Å². The first kappa shape index (κ1) is 15.4. The maximum absolute atomic E-state index is 11.9. The first-order valence-electron chi connectivity index (χ1n) is 6.12. The van der Waals surface area contributed by atoms with Gasteiger partial charge in [-0.2, -0.15) is 0 Å². The Labute approximate surface area is 99.2 Å². The van der Waals surface area contributed by atoms with E-state index in [9.17, 15) is 4.79 Å². The van der Waals surface area contributed by atoms with Crippen LogP contribution in [0.2, 0.25) is 0 Å². The lowest BCUT2D eigenvalue weighted by Crippen LogP contribution is -2.33. The van der Waals surface area contributed by atoms with Gasteiger partial charge in [-0.1, -0.05) is 41.0 Å². The van der Waals surface area contributed by atoms with Crippen LogP contribution < -0.4 is 0 Å². The van der Waals surface area contributed by atoms with Crippen molar-refractivity contribution in [2.24, 2.45) is 17.3 Å². The Morgan fingerprint density at radius 2 is 1.94 bits per heavy atom. The fraction of sp³-hybridized carbons (Fsp3) is 0.923. The van der Waals surface area contributed by atoms with Gasteiger partial charge in [0.25, 0.3) is 0 Å². The second kappa shape index (κ2) is 6.89. The molecule has 1 N–H and O–H groups in total. The largest absolute Gasteiger partial charge is 0.463 e. The Morgan fingerprint density at radius 3 is 2.31 bits per heavy atom. The van der Waals surface area contributed by atoms with Crippen molar-refractivity contribution in [3.05, 3.63) is 0 Å². The smallest absolute Gasteiger partial charge is 0.309 e. The average molecular weight is 230 g/mol. The number of hydrogen-bond donors (Lipinski definition) is 1. The van der Waals surface area contributed by atoms with Crippen molar-refractivity contribution in [3.63, 3.8) is 0 Å². The zero-order valence-corrected chi connectivity index (χ0v) is 11.2. The highest BCUT2D eigenvalue weighted by Crippen LogP contribution is 2.35. The Bertz CT molecular complexity index is 209. The normalized spacial score (nSPS) is 13.9. The molecule has 0 aliphatic carbocycles. The highest BCUT2D eigenvalue weighted by Gasteiger charge is 2.35. The van der Waals surface area contributed by atoms with Crippen LogP contribution in [0.1, 0.15) is 47.5 Å². The number of carbonyl (C=O) groups excluding carboxylic acids is 1. The minimum atomic E-state index is -0.172. The van der Waals surface area contributed by atoms with Crippen molar-refractivity contribution in [1.29, 1.82) is 0 Å². The molecule has 0 aromatic rings. The Balaban J connectivity index is 4.59. The predicted octanol–water partition coefficient (Wildman–Crippen LogP) is 2.62. The number of hydrogen-bond acceptors (Lipinski definition) is 3. The van der Waals surface area contributed by atoms with Gasteiger partial charge in [0.1, 0.15) is 6.61 Å². The molecule has 96 valence electrons. The maximum atomic E-state index is 11.9. The SMILES string of the molecule is CCC(C)(C)C(CC(C)C)C(=O)OCCO. The Kier molecular flexibility index (Phi) is 6.65. The number of carbonyl (C=O) groups is 1. The van der Waals surface area contributed by atoms with Crippen LogP contribution in [-0.2, 0) is 9.53 Å². The summed E-state index contributed by atoms with van der Waals surface area (Å²) in [7, 11) is 0. The number of esters is 1. The van der Waals surface area contributed by atoms with Crippen LogP contribution in [0.3, 0.4) is 0 Å². The van der Waals surface area contributed by atoms with Gasteiger partial charge in [-0.3, -0.25) is 4.79 Å². The highest BCUT2D eigenvalue weighted by atomic mass is 16.5. The van der Waals surface area contributed by atoms with Crippen molar-refractivity contribution in [3.8, 4) is 0 Å². The molecule has 0 saturated heterocycles. The molecule has 0 aromatic heterocycles. The summed E-state index contributed by atoms with van der Waals surface area (Å²) in [5.41, 5.74) is -0.0448. The number of aliphatic hydroxyl groups is 1. The van der Waals surface area contributed by atoms with Gasteiger partial charge in [0.15, 0.2) is 0 Å². The van der Waals surface area contributed by atoms with Crippen molar-refractivity contribution in [1.82, 2.24) is 0 Å². The highest BCUT2D eigenvalue weighted by molar-refractivity contribution is 5.73. The molecule has 3 heteroatoms. The van der Waals surface area contributed by atoms with E-state index >= 15 is 0 Å². The van der Waals surface area contributed by atoms with Gasteiger partial charge < -0.3 is 9.84 Å². The molecule has 1 unspecified atom stereocenters. The lowest BCUT2D eigenvalue weighted by Gasteiger charge is -2.32. The van der Waals surface area contributed by atoms with Crippen LogP contribution in [-0.4, -0.2) is 24.3 Å². The third kappa shape index (κ3) is 4.97. The fourth-order valence-electron chi connectivity index (χ4n) is 1.70. The van der Waals surface area contributed by atoms with E-state index in [1.807, 2.05) is 0 Å². The molecular formula is C13H26O3. The molecule has 0 saturated carbocycles. The van der Waals surface area contributed by atoms with Gasteiger partial charge in [-0.05, 0) is 17.8 Å². The summed E-state index contributed by atoms with van der Waals surface area (Å²) in [5, 5.41) is 8.66. The Hall–Kier alpha value is -0.570. The van der Waals surface area contributed by atoms with Crippen molar-refractivity contribution < 1.29 is 14.6 Å². The van der Waals surface area contributed by atoms with E-state index in [0.29, 0.717) is 5.92 Å². The van der Waals surface area contributed by atoms with Crippen LogP contribution in [0.4, 0.5) is 0 Å². The number of rotatable bonds is 7.